The Morgan fingerprint density at radius 3 is 2.57 bits per heavy atom. The van der Waals surface area contributed by atoms with Crippen LogP contribution in [0.4, 0.5) is 5.69 Å². The van der Waals surface area contributed by atoms with Crippen LogP contribution in [0.1, 0.15) is 6.42 Å². The minimum absolute atomic E-state index is 0.145. The van der Waals surface area contributed by atoms with Crippen LogP contribution in [0.2, 0.25) is 0 Å². The van der Waals surface area contributed by atoms with Crippen molar-refractivity contribution in [1.82, 2.24) is 0 Å². The van der Waals surface area contributed by atoms with Gasteiger partial charge in [0.25, 0.3) is 0 Å². The summed E-state index contributed by atoms with van der Waals surface area (Å²) in [7, 11) is 0. The third-order valence-corrected chi connectivity index (χ3v) is 2.03. The molecule has 0 amide bonds. The molecule has 72 valence electrons. The van der Waals surface area contributed by atoms with Crippen molar-refractivity contribution in [3.05, 3.63) is 30.3 Å². The molecule has 0 unspecified atom stereocenters. The number of rotatable bonds is 4. The maximum absolute atomic E-state index is 10.9. The summed E-state index contributed by atoms with van der Waals surface area (Å²) in [4.78, 5) is 11.4. The number of thiocarbonyl (C=S) groups is 2. The number of carbonyl (C=O) groups excluding carboxylic acids is 1. The summed E-state index contributed by atoms with van der Waals surface area (Å²) >= 11 is 9.48. The lowest BCUT2D eigenvalue weighted by Crippen LogP contribution is -2.14. The molecule has 0 radical (unpaired) electrons. The molecule has 2 nitrogen and oxygen atoms in total. The molecule has 1 aromatic rings. The predicted molar refractivity (Wildman–Crippen MR) is 65.9 cm³/mol. The van der Waals surface area contributed by atoms with Crippen LogP contribution in [0.5, 0.6) is 0 Å². The Morgan fingerprint density at radius 2 is 2.00 bits per heavy atom. The molecule has 0 saturated heterocycles. The van der Waals surface area contributed by atoms with E-state index in [2.05, 4.69) is 17.5 Å². The van der Waals surface area contributed by atoms with Crippen LogP contribution in [0.15, 0.2) is 30.3 Å². The second-order valence-electron chi connectivity index (χ2n) is 2.68. The van der Waals surface area contributed by atoms with E-state index in [0.29, 0.717) is 4.99 Å². The van der Waals surface area contributed by atoms with E-state index in [-0.39, 0.29) is 12.2 Å². The quantitative estimate of drug-likeness (QED) is 0.794. The van der Waals surface area contributed by atoms with Crippen molar-refractivity contribution in [3.8, 4) is 0 Å². The van der Waals surface area contributed by atoms with Gasteiger partial charge < -0.3 is 5.32 Å². The number of ketones is 1. The van der Waals surface area contributed by atoms with Crippen molar-refractivity contribution >= 4 is 46.3 Å². The zero-order chi connectivity index (χ0) is 10.4. The van der Waals surface area contributed by atoms with Crippen LogP contribution < -0.4 is 5.32 Å². The monoisotopic (exact) mass is 223 g/mol. The highest BCUT2D eigenvalue weighted by molar-refractivity contribution is 7.81. The lowest BCUT2D eigenvalue weighted by atomic mass is 10.3. The maximum Gasteiger partial charge on any atom is 0.173 e. The Bertz CT molecular complexity index is 348. The summed E-state index contributed by atoms with van der Waals surface area (Å²) in [6.45, 7) is 0. The number of hydrogen-bond donors (Lipinski definition) is 1. The van der Waals surface area contributed by atoms with Crippen LogP contribution in [-0.2, 0) is 4.79 Å². The predicted octanol–water partition coefficient (Wildman–Crippen LogP) is 2.38. The van der Waals surface area contributed by atoms with Gasteiger partial charge in [0.05, 0.1) is 11.4 Å². The van der Waals surface area contributed by atoms with Crippen LogP contribution in [0, 0.1) is 0 Å². The van der Waals surface area contributed by atoms with Crippen molar-refractivity contribution in [2.75, 3.05) is 5.32 Å². The molecule has 4 heteroatoms. The van der Waals surface area contributed by atoms with E-state index in [9.17, 15) is 4.79 Å². The summed E-state index contributed by atoms with van der Waals surface area (Å²) in [6, 6.07) is 9.47. The third kappa shape index (κ3) is 3.72. The van der Waals surface area contributed by atoms with E-state index in [4.69, 9.17) is 12.2 Å². The normalized spacial score (nSPS) is 9.14. The number of hydrogen-bond acceptors (Lipinski definition) is 3. The highest BCUT2D eigenvalue weighted by atomic mass is 32.1. The van der Waals surface area contributed by atoms with Gasteiger partial charge in [-0.25, -0.2) is 0 Å². The number of benzene rings is 1. The zero-order valence-electron chi connectivity index (χ0n) is 7.40. The fourth-order valence-electron chi connectivity index (χ4n) is 0.927. The maximum atomic E-state index is 10.9. The average molecular weight is 223 g/mol. The second-order valence-corrected chi connectivity index (χ2v) is 3.40. The largest absolute Gasteiger partial charge is 0.350 e. The van der Waals surface area contributed by atoms with Crippen molar-refractivity contribution < 1.29 is 4.79 Å². The lowest BCUT2D eigenvalue weighted by molar-refractivity contribution is -0.111. The third-order valence-electron chi connectivity index (χ3n) is 1.52. The highest BCUT2D eigenvalue weighted by Gasteiger charge is 2.02. The van der Waals surface area contributed by atoms with Crippen LogP contribution >= 0.6 is 24.4 Å². The molecule has 1 rings (SSSR count). The molecule has 0 atom stereocenters. The molecule has 0 aromatic heterocycles. The van der Waals surface area contributed by atoms with Crippen molar-refractivity contribution in [3.63, 3.8) is 0 Å². The first-order chi connectivity index (χ1) is 6.72. The van der Waals surface area contributed by atoms with Crippen LogP contribution in [0.3, 0.4) is 0 Å². The molecule has 1 N–H and O–H groups in total. The smallest absolute Gasteiger partial charge is 0.173 e. The van der Waals surface area contributed by atoms with Crippen molar-refractivity contribution in [2.45, 2.75) is 6.42 Å². The molecule has 0 spiro atoms. The number of anilines is 1. The summed E-state index contributed by atoms with van der Waals surface area (Å²) in [5, 5.41) is 4.06. The first-order valence-corrected chi connectivity index (χ1v) is 4.93. The molecule has 0 heterocycles. The number of carbonyl (C=O) groups is 1. The average Bonchev–Trinajstić information content (AvgIpc) is 2.19. The van der Waals surface area contributed by atoms with Crippen molar-refractivity contribution in [2.24, 2.45) is 0 Å². The molecule has 14 heavy (non-hydrogen) atoms. The van der Waals surface area contributed by atoms with Gasteiger partial charge in [0.1, 0.15) is 0 Å². The first-order valence-electron chi connectivity index (χ1n) is 4.05. The minimum atomic E-state index is -0.145. The van der Waals surface area contributed by atoms with Gasteiger partial charge in [0, 0.05) is 11.1 Å². The second kappa shape index (κ2) is 5.57. The van der Waals surface area contributed by atoms with E-state index in [1.807, 2.05) is 30.3 Å². The zero-order valence-corrected chi connectivity index (χ0v) is 9.03. The van der Waals surface area contributed by atoms with E-state index in [1.165, 1.54) is 0 Å². The molecule has 0 bridgehead atoms. The standard InChI is InChI=1S/C10H9NOS2/c12-9(7-13)6-10(14)11-8-4-2-1-3-5-8/h1-5,7H,6H2,(H,11,14). The SMILES string of the molecule is O=C(C=S)CC(=S)Nc1ccccc1. The summed E-state index contributed by atoms with van der Waals surface area (Å²) < 4.78 is 0. The summed E-state index contributed by atoms with van der Waals surface area (Å²) in [5.41, 5.74) is 0.884. The number of para-hydroxylation sites is 1. The lowest BCUT2D eigenvalue weighted by Gasteiger charge is -2.05. The van der Waals surface area contributed by atoms with E-state index >= 15 is 0 Å². The number of nitrogens with one attached hydrogen (secondary N) is 1. The first kappa shape index (κ1) is 10.9. The molecule has 0 saturated carbocycles. The molecule has 0 fully saturated rings. The fraction of sp³-hybridized carbons (Fsp3) is 0.100. The minimum Gasteiger partial charge on any atom is -0.350 e. The Balaban J connectivity index is 2.50. The summed E-state index contributed by atoms with van der Waals surface area (Å²) in [6.07, 6.45) is 0.174. The van der Waals surface area contributed by atoms with Crippen molar-refractivity contribution in [1.29, 1.82) is 0 Å². The fourth-order valence-corrected chi connectivity index (χ4v) is 1.27. The van der Waals surface area contributed by atoms with Gasteiger partial charge in [0.15, 0.2) is 5.78 Å². The summed E-state index contributed by atoms with van der Waals surface area (Å²) in [5.74, 6) is -0.145. The van der Waals surface area contributed by atoms with Gasteiger partial charge in [-0.3, -0.25) is 4.79 Å². The molecule has 0 aliphatic rings. The van der Waals surface area contributed by atoms with E-state index in [0.717, 1.165) is 11.1 Å². The van der Waals surface area contributed by atoms with E-state index < -0.39 is 0 Å². The Hall–Kier alpha value is -1.13. The Kier molecular flexibility index (Phi) is 4.35. The van der Waals surface area contributed by atoms with Gasteiger partial charge in [-0.2, -0.15) is 0 Å². The van der Waals surface area contributed by atoms with Gasteiger partial charge >= 0.3 is 0 Å². The molecule has 1 aromatic carbocycles. The Labute approximate surface area is 93.3 Å². The highest BCUT2D eigenvalue weighted by Crippen LogP contribution is 2.05. The van der Waals surface area contributed by atoms with E-state index in [1.54, 1.807) is 0 Å². The topological polar surface area (TPSA) is 29.1 Å². The molecule has 0 aliphatic heterocycles. The van der Waals surface area contributed by atoms with Gasteiger partial charge in [-0.05, 0) is 12.1 Å². The van der Waals surface area contributed by atoms with Crippen LogP contribution in [-0.4, -0.2) is 16.1 Å². The molecular weight excluding hydrogens is 214 g/mol. The van der Waals surface area contributed by atoms with Gasteiger partial charge in [-0.1, -0.05) is 42.6 Å². The molecule has 0 aliphatic carbocycles. The number of Topliss-reactive ketones (excluding diaryl/α,β-unsaturated/α-hetero) is 1. The van der Waals surface area contributed by atoms with Crippen LogP contribution in [0.25, 0.3) is 0 Å². The van der Waals surface area contributed by atoms with Gasteiger partial charge in [0.2, 0.25) is 0 Å². The Morgan fingerprint density at radius 1 is 1.36 bits per heavy atom. The molecular formula is C10H9NOS2. The van der Waals surface area contributed by atoms with Gasteiger partial charge in [-0.15, -0.1) is 0 Å².